The van der Waals surface area contributed by atoms with Crippen LogP contribution in [0.3, 0.4) is 0 Å². The Morgan fingerprint density at radius 2 is 2.00 bits per heavy atom. The number of aryl methyl sites for hydroxylation is 2. The van der Waals surface area contributed by atoms with Gasteiger partial charge in [-0.3, -0.25) is 4.79 Å². The molecule has 3 N–H and O–H groups in total. The van der Waals surface area contributed by atoms with Crippen LogP contribution in [0.1, 0.15) is 12.6 Å². The zero-order chi connectivity index (χ0) is 14.7. The Bertz CT molecular complexity index is 446. The summed E-state index contributed by atoms with van der Waals surface area (Å²) >= 11 is 0. The molecule has 106 valence electrons. The SMILES string of the molecule is CC(=O)O.Cn1ccnc1.Cn1cnc(CCN)c1. The third kappa shape index (κ3) is 10.7. The van der Waals surface area contributed by atoms with E-state index in [1.807, 2.05) is 35.6 Å². The lowest BCUT2D eigenvalue weighted by atomic mass is 10.3. The van der Waals surface area contributed by atoms with E-state index in [-0.39, 0.29) is 0 Å². The maximum absolute atomic E-state index is 9.00. The van der Waals surface area contributed by atoms with Crippen molar-refractivity contribution in [1.82, 2.24) is 19.1 Å². The van der Waals surface area contributed by atoms with E-state index in [1.165, 1.54) is 0 Å². The molecule has 0 amide bonds. The highest BCUT2D eigenvalue weighted by Crippen LogP contribution is 1.92. The van der Waals surface area contributed by atoms with Gasteiger partial charge in [-0.05, 0) is 6.54 Å². The Labute approximate surface area is 112 Å². The summed E-state index contributed by atoms with van der Waals surface area (Å²) in [7, 11) is 3.89. The van der Waals surface area contributed by atoms with E-state index in [2.05, 4.69) is 9.97 Å². The van der Waals surface area contributed by atoms with E-state index >= 15 is 0 Å². The molecule has 0 bridgehead atoms. The van der Waals surface area contributed by atoms with Crippen molar-refractivity contribution in [3.63, 3.8) is 0 Å². The van der Waals surface area contributed by atoms with Crippen molar-refractivity contribution in [2.75, 3.05) is 6.54 Å². The molecule has 2 aromatic rings. The molecule has 2 rings (SSSR count). The average Bonchev–Trinajstić information content (AvgIpc) is 2.91. The first-order chi connectivity index (χ1) is 8.95. The van der Waals surface area contributed by atoms with Crippen molar-refractivity contribution < 1.29 is 9.90 Å². The normalized spacial score (nSPS) is 8.84. The van der Waals surface area contributed by atoms with Crippen LogP contribution < -0.4 is 5.73 Å². The summed E-state index contributed by atoms with van der Waals surface area (Å²) in [5, 5.41) is 7.42. The molecule has 0 atom stereocenters. The number of aliphatic carboxylic acids is 1. The number of hydrogen-bond acceptors (Lipinski definition) is 4. The van der Waals surface area contributed by atoms with Crippen molar-refractivity contribution in [2.45, 2.75) is 13.3 Å². The molecule has 0 aliphatic heterocycles. The van der Waals surface area contributed by atoms with Gasteiger partial charge in [-0.15, -0.1) is 0 Å². The fourth-order valence-electron chi connectivity index (χ4n) is 1.07. The second-order valence-corrected chi connectivity index (χ2v) is 3.82. The van der Waals surface area contributed by atoms with Crippen LogP contribution >= 0.6 is 0 Å². The highest BCUT2D eigenvalue weighted by Gasteiger charge is 1.91. The highest BCUT2D eigenvalue weighted by molar-refractivity contribution is 5.62. The van der Waals surface area contributed by atoms with Gasteiger partial charge in [0.05, 0.1) is 18.3 Å². The number of nitrogens with zero attached hydrogens (tertiary/aromatic N) is 4. The molecule has 0 aliphatic rings. The number of rotatable bonds is 2. The zero-order valence-electron chi connectivity index (χ0n) is 11.5. The van der Waals surface area contributed by atoms with Crippen molar-refractivity contribution in [3.8, 4) is 0 Å². The number of carboxylic acid groups (broad SMARTS) is 1. The lowest BCUT2D eigenvalue weighted by Crippen LogP contribution is -2.02. The molecule has 19 heavy (non-hydrogen) atoms. The lowest BCUT2D eigenvalue weighted by molar-refractivity contribution is -0.134. The highest BCUT2D eigenvalue weighted by atomic mass is 16.4. The molecule has 0 fully saturated rings. The van der Waals surface area contributed by atoms with Gasteiger partial charge in [0.15, 0.2) is 0 Å². The maximum atomic E-state index is 9.00. The topological polar surface area (TPSA) is 99.0 Å². The van der Waals surface area contributed by atoms with Gasteiger partial charge in [0.2, 0.25) is 0 Å². The van der Waals surface area contributed by atoms with E-state index in [9.17, 15) is 0 Å². The van der Waals surface area contributed by atoms with Gasteiger partial charge >= 0.3 is 0 Å². The van der Waals surface area contributed by atoms with Crippen LogP contribution in [0.5, 0.6) is 0 Å². The minimum absolute atomic E-state index is 0.678. The minimum atomic E-state index is -0.833. The van der Waals surface area contributed by atoms with Gasteiger partial charge in [-0.1, -0.05) is 0 Å². The molecule has 7 heteroatoms. The Morgan fingerprint density at radius 1 is 1.37 bits per heavy atom. The molecular weight excluding hydrogens is 246 g/mol. The minimum Gasteiger partial charge on any atom is -0.481 e. The third-order valence-corrected chi connectivity index (χ3v) is 1.80. The third-order valence-electron chi connectivity index (χ3n) is 1.80. The maximum Gasteiger partial charge on any atom is 0.300 e. The summed E-state index contributed by atoms with van der Waals surface area (Å²) in [5.41, 5.74) is 6.39. The van der Waals surface area contributed by atoms with E-state index in [0.29, 0.717) is 6.54 Å². The summed E-state index contributed by atoms with van der Waals surface area (Å²) < 4.78 is 3.81. The quantitative estimate of drug-likeness (QED) is 0.822. The first kappa shape index (κ1) is 16.9. The summed E-state index contributed by atoms with van der Waals surface area (Å²) in [6.07, 6.45) is 10.0. The monoisotopic (exact) mass is 267 g/mol. The fraction of sp³-hybridized carbons (Fsp3) is 0.417. The van der Waals surface area contributed by atoms with Crippen LogP contribution in [0.25, 0.3) is 0 Å². The van der Waals surface area contributed by atoms with Crippen LogP contribution in [-0.2, 0) is 25.3 Å². The number of aromatic nitrogens is 4. The number of carboxylic acids is 1. The van der Waals surface area contributed by atoms with Gasteiger partial charge < -0.3 is 20.0 Å². The van der Waals surface area contributed by atoms with E-state index in [1.54, 1.807) is 18.9 Å². The number of hydrogen-bond donors (Lipinski definition) is 2. The molecule has 2 heterocycles. The summed E-state index contributed by atoms with van der Waals surface area (Å²) in [6, 6.07) is 0. The Morgan fingerprint density at radius 3 is 2.26 bits per heavy atom. The predicted octanol–water partition coefficient (Wildman–Crippen LogP) is 0.432. The van der Waals surface area contributed by atoms with Gasteiger partial charge in [-0.2, -0.15) is 0 Å². The second-order valence-electron chi connectivity index (χ2n) is 3.82. The van der Waals surface area contributed by atoms with Gasteiger partial charge in [0, 0.05) is 46.0 Å². The molecule has 0 saturated heterocycles. The molecule has 0 aliphatic carbocycles. The Hall–Kier alpha value is -2.15. The van der Waals surface area contributed by atoms with Crippen LogP contribution in [-0.4, -0.2) is 36.7 Å². The lowest BCUT2D eigenvalue weighted by Gasteiger charge is -1.86. The van der Waals surface area contributed by atoms with Gasteiger partial charge in [0.1, 0.15) is 0 Å². The summed E-state index contributed by atoms with van der Waals surface area (Å²) in [4.78, 5) is 16.9. The summed E-state index contributed by atoms with van der Waals surface area (Å²) in [5.74, 6) is -0.833. The molecule has 0 aromatic carbocycles. The number of carbonyl (C=O) groups is 1. The molecule has 0 radical (unpaired) electrons. The van der Waals surface area contributed by atoms with Gasteiger partial charge in [0.25, 0.3) is 5.97 Å². The van der Waals surface area contributed by atoms with E-state index < -0.39 is 5.97 Å². The van der Waals surface area contributed by atoms with Crippen molar-refractivity contribution in [1.29, 1.82) is 0 Å². The van der Waals surface area contributed by atoms with Crippen LogP contribution in [0, 0.1) is 0 Å². The van der Waals surface area contributed by atoms with Crippen molar-refractivity contribution in [2.24, 2.45) is 19.8 Å². The second kappa shape index (κ2) is 9.84. The zero-order valence-corrected chi connectivity index (χ0v) is 11.5. The van der Waals surface area contributed by atoms with E-state index in [0.717, 1.165) is 19.0 Å². The standard InChI is InChI=1S/C6H11N3.C4H6N2.C2H4O2/c1-9-4-6(2-3-7)8-5-9;1-6-3-2-5-4-6;1-2(3)4/h4-5H,2-3,7H2,1H3;2-4H,1H3;1H3,(H,3,4). The fourth-order valence-corrected chi connectivity index (χ4v) is 1.07. The number of nitrogens with two attached hydrogens (primary N) is 1. The molecular formula is C12H21N5O2. The first-order valence-corrected chi connectivity index (χ1v) is 5.74. The van der Waals surface area contributed by atoms with Crippen LogP contribution in [0.2, 0.25) is 0 Å². The van der Waals surface area contributed by atoms with Gasteiger partial charge in [-0.25, -0.2) is 9.97 Å². The smallest absolute Gasteiger partial charge is 0.300 e. The summed E-state index contributed by atoms with van der Waals surface area (Å²) in [6.45, 7) is 1.76. The Kier molecular flexibility index (Phi) is 8.72. The van der Waals surface area contributed by atoms with Crippen LogP contribution in [0.4, 0.5) is 0 Å². The molecule has 0 unspecified atom stereocenters. The predicted molar refractivity (Wildman–Crippen MR) is 72.5 cm³/mol. The Balaban J connectivity index is 0.000000281. The molecule has 0 spiro atoms. The first-order valence-electron chi connectivity index (χ1n) is 5.74. The van der Waals surface area contributed by atoms with E-state index in [4.69, 9.17) is 15.6 Å². The molecule has 0 saturated carbocycles. The van der Waals surface area contributed by atoms with Crippen LogP contribution in [0.15, 0.2) is 31.2 Å². The number of imidazole rings is 2. The average molecular weight is 267 g/mol. The van der Waals surface area contributed by atoms with Crippen molar-refractivity contribution in [3.05, 3.63) is 36.9 Å². The molecule has 2 aromatic heterocycles. The largest absolute Gasteiger partial charge is 0.481 e. The van der Waals surface area contributed by atoms with Crippen molar-refractivity contribution >= 4 is 5.97 Å². The molecule has 7 nitrogen and oxygen atoms in total.